The number of rotatable bonds is 6. The summed E-state index contributed by atoms with van der Waals surface area (Å²) >= 11 is 7.87. The van der Waals surface area contributed by atoms with E-state index in [2.05, 4.69) is 0 Å². The normalized spacial score (nSPS) is 10.3. The van der Waals surface area contributed by atoms with Crippen LogP contribution in [0.2, 0.25) is 5.02 Å². The molecule has 6 heteroatoms. The number of halogens is 1. The molecule has 0 fully saturated rings. The van der Waals surface area contributed by atoms with E-state index >= 15 is 0 Å². The molecule has 1 heterocycles. The number of benzene rings is 3. The molecule has 0 amide bonds. The first-order valence-corrected chi connectivity index (χ1v) is 10.3. The molecule has 144 valence electrons. The van der Waals surface area contributed by atoms with Crippen LogP contribution in [-0.2, 0) is 6.61 Å². The summed E-state index contributed by atoms with van der Waals surface area (Å²) in [4.78, 5) is 1.000. The van der Waals surface area contributed by atoms with Gasteiger partial charge in [-0.2, -0.15) is 0 Å². The van der Waals surface area contributed by atoms with Crippen LogP contribution in [-0.4, -0.2) is 5.90 Å². The van der Waals surface area contributed by atoms with Gasteiger partial charge in [0.25, 0.3) is 0 Å². The number of nitrogens with one attached hydrogen (secondary N) is 1. The van der Waals surface area contributed by atoms with Crippen molar-refractivity contribution >= 4 is 28.8 Å². The zero-order valence-corrected chi connectivity index (χ0v) is 20.0. The maximum Gasteiger partial charge on any atom is 1.00 e. The quantitative estimate of drug-likeness (QED) is 0.284. The van der Waals surface area contributed by atoms with Gasteiger partial charge in [-0.15, -0.1) is 11.3 Å². The molecular weight excluding hydrogens is 425 g/mol. The number of hydrogen-bond acceptors (Lipinski definition) is 4. The molecule has 0 saturated carbocycles. The van der Waals surface area contributed by atoms with Crippen LogP contribution in [0.3, 0.4) is 0 Å². The van der Waals surface area contributed by atoms with Crippen molar-refractivity contribution < 1.29 is 39.4 Å². The summed E-state index contributed by atoms with van der Waals surface area (Å²) in [6.07, 6.45) is 0. The molecule has 0 atom stereocenters. The largest absolute Gasteiger partial charge is 1.00 e. The first-order chi connectivity index (χ1) is 14.1. The van der Waals surface area contributed by atoms with Crippen LogP contribution >= 0.6 is 22.9 Å². The van der Waals surface area contributed by atoms with Gasteiger partial charge in [0, 0.05) is 21.0 Å². The molecule has 30 heavy (non-hydrogen) atoms. The Bertz CT molecular complexity index is 1160. The van der Waals surface area contributed by atoms with E-state index in [9.17, 15) is 5.11 Å². The molecule has 4 rings (SSSR count). The number of hydrogen-bond donors (Lipinski definition) is 1. The third kappa shape index (κ3) is 5.15. The van der Waals surface area contributed by atoms with Crippen molar-refractivity contribution in [2.24, 2.45) is 0 Å². The SMILES string of the molecule is N=C([O-])c1cccc(-c2sccc2-c2cc(Cl)ccc2OCc2ccccc2)c1.[Na+]. The minimum Gasteiger partial charge on any atom is -0.859 e. The number of thiophene rings is 1. The molecule has 0 aliphatic heterocycles. The molecule has 3 nitrogen and oxygen atoms in total. The fraction of sp³-hybridized carbons (Fsp3) is 0.0417. The van der Waals surface area contributed by atoms with Gasteiger partial charge in [-0.3, -0.25) is 0 Å². The van der Waals surface area contributed by atoms with Crippen molar-refractivity contribution in [3.05, 3.63) is 100 Å². The van der Waals surface area contributed by atoms with Crippen LogP contribution in [0.15, 0.2) is 84.2 Å². The van der Waals surface area contributed by atoms with E-state index in [1.54, 1.807) is 29.5 Å². The van der Waals surface area contributed by atoms with E-state index in [0.29, 0.717) is 17.2 Å². The van der Waals surface area contributed by atoms with Gasteiger partial charge in [0.15, 0.2) is 0 Å². The third-order valence-electron chi connectivity index (χ3n) is 4.52. The Hall–Kier alpha value is -2.08. The van der Waals surface area contributed by atoms with E-state index in [1.165, 1.54) is 0 Å². The molecule has 1 aromatic heterocycles. The molecule has 0 saturated heterocycles. The van der Waals surface area contributed by atoms with E-state index in [-0.39, 0.29) is 29.6 Å². The first kappa shape index (κ1) is 22.6. The molecule has 4 aromatic rings. The van der Waals surface area contributed by atoms with Crippen LogP contribution in [0.1, 0.15) is 11.1 Å². The molecule has 0 bridgehead atoms. The fourth-order valence-corrected chi connectivity index (χ4v) is 4.20. The average molecular weight is 442 g/mol. The summed E-state index contributed by atoms with van der Waals surface area (Å²) in [5.74, 6) is 0.0465. The van der Waals surface area contributed by atoms with E-state index in [0.717, 1.165) is 32.9 Å². The summed E-state index contributed by atoms with van der Waals surface area (Å²) in [6.45, 7) is 0.456. The molecule has 0 spiro atoms. The molecule has 0 aliphatic rings. The van der Waals surface area contributed by atoms with Crippen LogP contribution in [0.4, 0.5) is 0 Å². The second-order valence-electron chi connectivity index (χ2n) is 6.49. The second kappa shape index (κ2) is 10.3. The summed E-state index contributed by atoms with van der Waals surface area (Å²) in [6, 6.07) is 24.8. The first-order valence-electron chi connectivity index (χ1n) is 9.02. The van der Waals surface area contributed by atoms with Crippen molar-refractivity contribution in [3.8, 4) is 27.3 Å². The van der Waals surface area contributed by atoms with E-state index < -0.39 is 5.90 Å². The Balaban J connectivity index is 0.00000256. The standard InChI is InChI=1S/C24H18ClNO2S.Na/c25-19-9-10-22(28-15-16-5-2-1-3-6-16)21(14-19)20-11-12-29-23(20)17-7-4-8-18(13-17)24(26)27;/h1-14H,15H2,(H2,26,27);/q;+1/p-1. The Labute approximate surface area is 206 Å². The van der Waals surface area contributed by atoms with Gasteiger partial charge in [0.2, 0.25) is 0 Å². The second-order valence-corrected chi connectivity index (χ2v) is 7.84. The number of ether oxygens (including phenoxy) is 1. The van der Waals surface area contributed by atoms with Crippen molar-refractivity contribution in [3.63, 3.8) is 0 Å². The van der Waals surface area contributed by atoms with Crippen LogP contribution in [0, 0.1) is 5.41 Å². The van der Waals surface area contributed by atoms with Crippen LogP contribution < -0.4 is 39.4 Å². The Morgan fingerprint density at radius 1 is 0.933 bits per heavy atom. The predicted octanol–water partition coefficient (Wildman–Crippen LogP) is 3.00. The average Bonchev–Trinajstić information content (AvgIpc) is 3.23. The Morgan fingerprint density at radius 2 is 1.73 bits per heavy atom. The van der Waals surface area contributed by atoms with E-state index in [4.69, 9.17) is 21.7 Å². The Kier molecular flexibility index (Phi) is 7.75. The van der Waals surface area contributed by atoms with Crippen molar-refractivity contribution in [1.82, 2.24) is 0 Å². The zero-order chi connectivity index (χ0) is 20.2. The molecule has 0 radical (unpaired) electrons. The van der Waals surface area contributed by atoms with Gasteiger partial charge in [-0.05, 0) is 58.3 Å². The fourth-order valence-electron chi connectivity index (χ4n) is 3.12. The minimum absolute atomic E-state index is 0. The summed E-state index contributed by atoms with van der Waals surface area (Å²) < 4.78 is 6.12. The molecular formula is C24H17ClNNaO2S. The smallest absolute Gasteiger partial charge is 0.859 e. The van der Waals surface area contributed by atoms with Gasteiger partial charge in [-0.25, -0.2) is 0 Å². The van der Waals surface area contributed by atoms with Gasteiger partial charge in [-0.1, -0.05) is 60.1 Å². The van der Waals surface area contributed by atoms with Crippen molar-refractivity contribution in [2.45, 2.75) is 6.61 Å². The summed E-state index contributed by atoms with van der Waals surface area (Å²) in [5, 5.41) is 21.5. The third-order valence-corrected chi connectivity index (χ3v) is 5.72. The predicted molar refractivity (Wildman–Crippen MR) is 118 cm³/mol. The van der Waals surface area contributed by atoms with E-state index in [1.807, 2.05) is 66.0 Å². The van der Waals surface area contributed by atoms with Crippen molar-refractivity contribution in [1.29, 1.82) is 5.41 Å². The maximum absolute atomic E-state index is 11.5. The summed E-state index contributed by atoms with van der Waals surface area (Å²) in [5.41, 5.74) is 4.22. The van der Waals surface area contributed by atoms with Crippen LogP contribution in [0.5, 0.6) is 5.75 Å². The molecule has 3 aromatic carbocycles. The van der Waals surface area contributed by atoms with Gasteiger partial charge in [0.1, 0.15) is 12.4 Å². The molecule has 0 aliphatic carbocycles. The van der Waals surface area contributed by atoms with Gasteiger partial charge < -0.3 is 15.3 Å². The topological polar surface area (TPSA) is 56.1 Å². The minimum atomic E-state index is -0.695. The maximum atomic E-state index is 11.5. The van der Waals surface area contributed by atoms with Gasteiger partial charge >= 0.3 is 29.6 Å². The monoisotopic (exact) mass is 441 g/mol. The van der Waals surface area contributed by atoms with Crippen molar-refractivity contribution in [2.75, 3.05) is 0 Å². The summed E-state index contributed by atoms with van der Waals surface area (Å²) in [7, 11) is 0. The van der Waals surface area contributed by atoms with Crippen LogP contribution in [0.25, 0.3) is 21.6 Å². The molecule has 1 N–H and O–H groups in total. The zero-order valence-electron chi connectivity index (χ0n) is 16.4. The molecule has 0 unspecified atom stereocenters. The Morgan fingerprint density at radius 3 is 2.50 bits per heavy atom. The van der Waals surface area contributed by atoms with Gasteiger partial charge in [0.05, 0.1) is 0 Å².